The summed E-state index contributed by atoms with van der Waals surface area (Å²) in [7, 11) is 0. The zero-order chi connectivity index (χ0) is 19.5. The van der Waals surface area contributed by atoms with Gasteiger partial charge in [-0.25, -0.2) is 9.37 Å². The van der Waals surface area contributed by atoms with Crippen LogP contribution in [0, 0.1) is 5.82 Å². The summed E-state index contributed by atoms with van der Waals surface area (Å²) >= 11 is 7.39. The lowest BCUT2D eigenvalue weighted by atomic mass is 10.2. The second kappa shape index (κ2) is 8.17. The Morgan fingerprint density at radius 1 is 0.964 bits per heavy atom. The number of aromatic nitrogens is 2. The van der Waals surface area contributed by atoms with Gasteiger partial charge in [0, 0.05) is 10.8 Å². The van der Waals surface area contributed by atoms with E-state index < -0.39 is 0 Å². The first-order valence-electron chi connectivity index (χ1n) is 8.71. The molecule has 4 rings (SSSR count). The van der Waals surface area contributed by atoms with E-state index in [0.29, 0.717) is 33.4 Å². The standard InChI is InChI=1S/C22H16ClFN2OS/c23-17-10-8-15(9-11-17)13-26-21(27)19-6-1-2-7-20(19)25-22(26)28-14-16-4-3-5-18(24)12-16/h1-12H,13-14H2. The predicted octanol–water partition coefficient (Wildman–Crippen LogP) is 5.53. The maximum absolute atomic E-state index is 13.5. The third kappa shape index (κ3) is 4.11. The van der Waals surface area contributed by atoms with E-state index in [1.54, 1.807) is 28.8 Å². The van der Waals surface area contributed by atoms with Crippen molar-refractivity contribution in [2.24, 2.45) is 0 Å². The van der Waals surface area contributed by atoms with Crippen LogP contribution in [0.15, 0.2) is 82.7 Å². The Morgan fingerprint density at radius 2 is 1.75 bits per heavy atom. The average Bonchev–Trinajstić information content (AvgIpc) is 2.70. The molecule has 1 aromatic heterocycles. The van der Waals surface area contributed by atoms with Crippen LogP contribution in [-0.4, -0.2) is 9.55 Å². The number of thioether (sulfide) groups is 1. The first-order chi connectivity index (χ1) is 13.6. The summed E-state index contributed by atoms with van der Waals surface area (Å²) in [6.07, 6.45) is 0. The molecule has 0 amide bonds. The topological polar surface area (TPSA) is 34.9 Å². The van der Waals surface area contributed by atoms with Crippen molar-refractivity contribution >= 4 is 34.3 Å². The summed E-state index contributed by atoms with van der Waals surface area (Å²) in [5.74, 6) is 0.242. The van der Waals surface area contributed by atoms with Crippen LogP contribution in [0.4, 0.5) is 4.39 Å². The van der Waals surface area contributed by atoms with E-state index in [2.05, 4.69) is 0 Å². The van der Waals surface area contributed by atoms with Gasteiger partial charge < -0.3 is 0 Å². The Labute approximate surface area is 170 Å². The molecular formula is C22H16ClFN2OS. The quantitative estimate of drug-likeness (QED) is 0.320. The molecule has 3 nitrogen and oxygen atoms in total. The summed E-state index contributed by atoms with van der Waals surface area (Å²) in [6.45, 7) is 0.388. The molecular weight excluding hydrogens is 395 g/mol. The molecule has 0 N–H and O–H groups in total. The van der Waals surface area contributed by atoms with Crippen molar-refractivity contribution in [2.45, 2.75) is 17.5 Å². The number of nitrogens with zero attached hydrogens (tertiary/aromatic N) is 2. The minimum absolute atomic E-state index is 0.0951. The van der Waals surface area contributed by atoms with Crippen LogP contribution in [0.3, 0.4) is 0 Å². The molecule has 0 saturated heterocycles. The highest BCUT2D eigenvalue weighted by molar-refractivity contribution is 7.98. The predicted molar refractivity (Wildman–Crippen MR) is 113 cm³/mol. The molecule has 0 aliphatic heterocycles. The highest BCUT2D eigenvalue weighted by Crippen LogP contribution is 2.23. The van der Waals surface area contributed by atoms with Crippen molar-refractivity contribution in [3.63, 3.8) is 0 Å². The third-order valence-electron chi connectivity index (χ3n) is 4.34. The Hall–Kier alpha value is -2.63. The fourth-order valence-corrected chi connectivity index (χ4v) is 4.01. The molecule has 4 aromatic rings. The van der Waals surface area contributed by atoms with E-state index in [4.69, 9.17) is 16.6 Å². The highest BCUT2D eigenvalue weighted by Gasteiger charge is 2.12. The van der Waals surface area contributed by atoms with Gasteiger partial charge in [0.15, 0.2) is 5.16 Å². The molecule has 0 radical (unpaired) electrons. The van der Waals surface area contributed by atoms with Gasteiger partial charge in [0.05, 0.1) is 17.4 Å². The summed E-state index contributed by atoms with van der Waals surface area (Å²) in [6, 6.07) is 21.1. The van der Waals surface area contributed by atoms with Crippen molar-refractivity contribution in [3.8, 4) is 0 Å². The van der Waals surface area contributed by atoms with Crippen LogP contribution < -0.4 is 5.56 Å². The zero-order valence-electron chi connectivity index (χ0n) is 14.8. The van der Waals surface area contributed by atoms with E-state index >= 15 is 0 Å². The van der Waals surface area contributed by atoms with E-state index in [9.17, 15) is 9.18 Å². The molecule has 0 spiro atoms. The molecule has 0 unspecified atom stereocenters. The molecule has 1 heterocycles. The lowest BCUT2D eigenvalue weighted by molar-refractivity contribution is 0.626. The van der Waals surface area contributed by atoms with Gasteiger partial charge in [0.25, 0.3) is 5.56 Å². The lowest BCUT2D eigenvalue weighted by Crippen LogP contribution is -2.24. The van der Waals surface area contributed by atoms with E-state index in [1.807, 2.05) is 36.4 Å². The minimum Gasteiger partial charge on any atom is -0.283 e. The summed E-state index contributed by atoms with van der Waals surface area (Å²) in [4.78, 5) is 17.8. The number of benzene rings is 3. The Morgan fingerprint density at radius 3 is 2.54 bits per heavy atom. The molecule has 0 aliphatic carbocycles. The lowest BCUT2D eigenvalue weighted by Gasteiger charge is -2.13. The molecule has 6 heteroatoms. The minimum atomic E-state index is -0.275. The molecule has 0 saturated carbocycles. The van der Waals surface area contributed by atoms with Gasteiger partial charge in [0.1, 0.15) is 5.82 Å². The van der Waals surface area contributed by atoms with Gasteiger partial charge in [-0.15, -0.1) is 0 Å². The van der Waals surface area contributed by atoms with Crippen LogP contribution in [0.25, 0.3) is 10.9 Å². The van der Waals surface area contributed by atoms with Gasteiger partial charge in [0.2, 0.25) is 0 Å². The van der Waals surface area contributed by atoms with Gasteiger partial charge in [-0.3, -0.25) is 9.36 Å². The van der Waals surface area contributed by atoms with Crippen molar-refractivity contribution in [3.05, 3.63) is 105 Å². The van der Waals surface area contributed by atoms with Crippen LogP contribution in [0.2, 0.25) is 5.02 Å². The first kappa shape index (κ1) is 18.7. The normalized spacial score (nSPS) is 11.1. The van der Waals surface area contributed by atoms with Gasteiger partial charge in [-0.1, -0.05) is 59.8 Å². The summed E-state index contributed by atoms with van der Waals surface area (Å²) in [5, 5.41) is 1.82. The van der Waals surface area contributed by atoms with Gasteiger partial charge in [-0.2, -0.15) is 0 Å². The van der Waals surface area contributed by atoms with Crippen molar-refractivity contribution in [2.75, 3.05) is 0 Å². The number of halogens is 2. The SMILES string of the molecule is O=c1c2ccccc2nc(SCc2cccc(F)c2)n1Cc1ccc(Cl)cc1. The van der Waals surface area contributed by atoms with Crippen molar-refractivity contribution in [1.82, 2.24) is 9.55 Å². The van der Waals surface area contributed by atoms with Crippen molar-refractivity contribution in [1.29, 1.82) is 0 Å². The number of hydrogen-bond donors (Lipinski definition) is 0. The second-order valence-corrected chi connectivity index (χ2v) is 7.73. The monoisotopic (exact) mass is 410 g/mol. The molecule has 0 aliphatic rings. The number of para-hydroxylation sites is 1. The maximum Gasteiger partial charge on any atom is 0.262 e. The average molecular weight is 411 g/mol. The Balaban J connectivity index is 1.74. The Kier molecular flexibility index (Phi) is 5.46. The number of rotatable bonds is 5. The zero-order valence-corrected chi connectivity index (χ0v) is 16.4. The first-order valence-corrected chi connectivity index (χ1v) is 10.1. The molecule has 0 atom stereocenters. The summed E-state index contributed by atoms with van der Waals surface area (Å²) < 4.78 is 15.1. The van der Waals surface area contributed by atoms with Crippen LogP contribution in [-0.2, 0) is 12.3 Å². The molecule has 0 fully saturated rings. The van der Waals surface area contributed by atoms with Gasteiger partial charge in [-0.05, 0) is 47.5 Å². The van der Waals surface area contributed by atoms with Crippen molar-refractivity contribution < 1.29 is 4.39 Å². The van der Waals surface area contributed by atoms with Crippen LogP contribution in [0.1, 0.15) is 11.1 Å². The summed E-state index contributed by atoms with van der Waals surface area (Å²) in [5.41, 5.74) is 2.35. The Bertz CT molecular complexity index is 1190. The third-order valence-corrected chi connectivity index (χ3v) is 5.64. The maximum atomic E-state index is 13.5. The van der Waals surface area contributed by atoms with Gasteiger partial charge >= 0.3 is 0 Å². The largest absolute Gasteiger partial charge is 0.283 e. The number of fused-ring (bicyclic) bond motifs is 1. The van der Waals surface area contributed by atoms with E-state index in [-0.39, 0.29) is 11.4 Å². The van der Waals surface area contributed by atoms with Crippen LogP contribution in [0.5, 0.6) is 0 Å². The fraction of sp³-hybridized carbons (Fsp3) is 0.0909. The van der Waals surface area contributed by atoms with E-state index in [1.165, 1.54) is 23.9 Å². The second-order valence-electron chi connectivity index (χ2n) is 6.35. The molecule has 0 bridgehead atoms. The fourth-order valence-electron chi connectivity index (χ4n) is 2.94. The molecule has 140 valence electrons. The highest BCUT2D eigenvalue weighted by atomic mass is 35.5. The number of hydrogen-bond acceptors (Lipinski definition) is 3. The van der Waals surface area contributed by atoms with E-state index in [0.717, 1.165) is 11.1 Å². The smallest absolute Gasteiger partial charge is 0.262 e. The van der Waals surface area contributed by atoms with Crippen LogP contribution >= 0.6 is 23.4 Å². The molecule has 28 heavy (non-hydrogen) atoms. The molecule has 3 aromatic carbocycles.